The van der Waals surface area contributed by atoms with Crippen molar-refractivity contribution in [3.63, 3.8) is 0 Å². The first-order valence-electron chi connectivity index (χ1n) is 5.26. The Morgan fingerprint density at radius 2 is 2.19 bits per heavy atom. The fourth-order valence-corrected chi connectivity index (χ4v) is 2.87. The van der Waals surface area contributed by atoms with Crippen LogP contribution in [0.2, 0.25) is 0 Å². The summed E-state index contributed by atoms with van der Waals surface area (Å²) in [6, 6.07) is 0. The van der Waals surface area contributed by atoms with Crippen molar-refractivity contribution in [3.8, 4) is 0 Å². The molecule has 0 atom stereocenters. The van der Waals surface area contributed by atoms with Crippen LogP contribution < -0.4 is 10.5 Å². The van der Waals surface area contributed by atoms with Crippen molar-refractivity contribution < 1.29 is 8.42 Å². The number of rotatable bonds is 6. The fraction of sp³-hybridized carbons (Fsp3) is 0.667. The maximum Gasteiger partial charge on any atom is 0.244 e. The third kappa shape index (κ3) is 2.81. The molecule has 0 aliphatic carbocycles. The lowest BCUT2D eigenvalue weighted by atomic mass is 10.3. The summed E-state index contributed by atoms with van der Waals surface area (Å²) in [5.74, 6) is 0. The van der Waals surface area contributed by atoms with Crippen molar-refractivity contribution in [2.75, 3.05) is 6.54 Å². The van der Waals surface area contributed by atoms with Crippen LogP contribution >= 0.6 is 0 Å². The lowest BCUT2D eigenvalue weighted by Gasteiger charge is -2.06. The molecule has 0 spiro atoms. The molecule has 0 aliphatic heterocycles. The summed E-state index contributed by atoms with van der Waals surface area (Å²) >= 11 is 0. The first kappa shape index (κ1) is 13.1. The quantitative estimate of drug-likeness (QED) is 0.626. The van der Waals surface area contributed by atoms with E-state index in [1.54, 1.807) is 6.92 Å². The molecule has 16 heavy (non-hydrogen) atoms. The second kappa shape index (κ2) is 5.42. The molecule has 0 radical (unpaired) electrons. The Balaban J connectivity index is 2.93. The number of hydrogen-bond acceptors (Lipinski definition) is 4. The van der Waals surface area contributed by atoms with Gasteiger partial charge in [-0.05, 0) is 13.3 Å². The van der Waals surface area contributed by atoms with E-state index in [-0.39, 0.29) is 11.4 Å². The van der Waals surface area contributed by atoms with Gasteiger partial charge in [0.15, 0.2) is 0 Å². The van der Waals surface area contributed by atoms with Crippen LogP contribution in [0.5, 0.6) is 0 Å². The molecule has 1 heterocycles. The highest BCUT2D eigenvalue weighted by Crippen LogP contribution is 2.16. The zero-order chi connectivity index (χ0) is 12.2. The monoisotopic (exact) mass is 246 g/mol. The summed E-state index contributed by atoms with van der Waals surface area (Å²) in [4.78, 5) is 0.186. The van der Waals surface area contributed by atoms with Crippen LogP contribution in [0, 0.1) is 6.92 Å². The van der Waals surface area contributed by atoms with Gasteiger partial charge in [0.25, 0.3) is 0 Å². The number of sulfonamides is 1. The predicted molar refractivity (Wildman–Crippen MR) is 61.3 cm³/mol. The van der Waals surface area contributed by atoms with Crippen molar-refractivity contribution in [2.24, 2.45) is 5.73 Å². The highest BCUT2D eigenvalue weighted by molar-refractivity contribution is 7.89. The molecule has 6 nitrogen and oxygen atoms in total. The smallest absolute Gasteiger partial charge is 0.244 e. The minimum atomic E-state index is -3.49. The number of aromatic amines is 1. The van der Waals surface area contributed by atoms with Gasteiger partial charge in [0, 0.05) is 13.1 Å². The number of nitrogens with zero attached hydrogens (tertiary/aromatic N) is 1. The number of nitrogens with one attached hydrogen (secondary N) is 2. The Kier molecular flexibility index (Phi) is 4.45. The van der Waals surface area contributed by atoms with Crippen molar-refractivity contribution in [2.45, 2.75) is 38.1 Å². The molecule has 1 aromatic rings. The van der Waals surface area contributed by atoms with Crippen LogP contribution in [-0.2, 0) is 16.6 Å². The van der Waals surface area contributed by atoms with Gasteiger partial charge >= 0.3 is 0 Å². The standard InChI is InChI=1S/C9H18N4O2S/c1-3-4-5-11-16(14,15)9-7(2)12-13-8(9)6-10/h11H,3-6,10H2,1-2H3,(H,12,13). The third-order valence-electron chi connectivity index (χ3n) is 2.25. The van der Waals surface area contributed by atoms with E-state index in [0.29, 0.717) is 17.9 Å². The van der Waals surface area contributed by atoms with Gasteiger partial charge in [0.2, 0.25) is 10.0 Å². The van der Waals surface area contributed by atoms with E-state index in [9.17, 15) is 8.42 Å². The van der Waals surface area contributed by atoms with E-state index < -0.39 is 10.0 Å². The van der Waals surface area contributed by atoms with Crippen LogP contribution in [0.4, 0.5) is 0 Å². The largest absolute Gasteiger partial charge is 0.325 e. The number of aromatic nitrogens is 2. The zero-order valence-corrected chi connectivity index (χ0v) is 10.4. The molecule has 0 unspecified atom stereocenters. The molecule has 0 fully saturated rings. The summed E-state index contributed by atoms with van der Waals surface area (Å²) < 4.78 is 26.4. The highest BCUT2D eigenvalue weighted by atomic mass is 32.2. The van der Waals surface area contributed by atoms with E-state index >= 15 is 0 Å². The Hall–Kier alpha value is -0.920. The van der Waals surface area contributed by atoms with E-state index in [1.807, 2.05) is 6.92 Å². The van der Waals surface area contributed by atoms with Gasteiger partial charge in [-0.3, -0.25) is 5.10 Å². The molecular weight excluding hydrogens is 228 g/mol. The van der Waals surface area contributed by atoms with E-state index in [0.717, 1.165) is 12.8 Å². The van der Waals surface area contributed by atoms with Gasteiger partial charge in [-0.15, -0.1) is 0 Å². The van der Waals surface area contributed by atoms with Crippen molar-refractivity contribution in [3.05, 3.63) is 11.4 Å². The van der Waals surface area contributed by atoms with E-state index in [2.05, 4.69) is 14.9 Å². The number of nitrogens with two attached hydrogens (primary N) is 1. The molecule has 92 valence electrons. The number of hydrogen-bond donors (Lipinski definition) is 3. The second-order valence-corrected chi connectivity index (χ2v) is 5.28. The van der Waals surface area contributed by atoms with Gasteiger partial charge in [0.05, 0.1) is 11.4 Å². The maximum atomic E-state index is 11.9. The van der Waals surface area contributed by atoms with Crippen molar-refractivity contribution >= 4 is 10.0 Å². The van der Waals surface area contributed by atoms with Crippen molar-refractivity contribution in [1.29, 1.82) is 0 Å². The average molecular weight is 246 g/mol. The van der Waals surface area contributed by atoms with E-state index in [1.165, 1.54) is 0 Å². The molecule has 7 heteroatoms. The summed E-state index contributed by atoms with van der Waals surface area (Å²) in [6.07, 6.45) is 1.75. The Labute approximate surface area is 95.7 Å². The average Bonchev–Trinajstić information content (AvgIpc) is 2.60. The van der Waals surface area contributed by atoms with Crippen LogP contribution in [0.3, 0.4) is 0 Å². The normalized spacial score (nSPS) is 11.9. The molecule has 0 saturated heterocycles. The lowest BCUT2D eigenvalue weighted by Crippen LogP contribution is -2.26. The third-order valence-corrected chi connectivity index (χ3v) is 3.91. The first-order chi connectivity index (χ1) is 7.53. The summed E-state index contributed by atoms with van der Waals surface area (Å²) in [6.45, 7) is 4.21. The second-order valence-electron chi connectivity index (χ2n) is 3.58. The number of unbranched alkanes of at least 4 members (excludes halogenated alkanes) is 1. The van der Waals surface area contributed by atoms with E-state index in [4.69, 9.17) is 5.73 Å². The number of aryl methyl sites for hydroxylation is 1. The minimum absolute atomic E-state index is 0.106. The molecule has 0 aromatic carbocycles. The van der Waals surface area contributed by atoms with Gasteiger partial charge < -0.3 is 5.73 Å². The van der Waals surface area contributed by atoms with Gasteiger partial charge in [-0.25, -0.2) is 13.1 Å². The Morgan fingerprint density at radius 3 is 2.75 bits per heavy atom. The van der Waals surface area contributed by atoms with Crippen molar-refractivity contribution in [1.82, 2.24) is 14.9 Å². The maximum absolute atomic E-state index is 11.9. The first-order valence-corrected chi connectivity index (χ1v) is 6.74. The van der Waals surface area contributed by atoms with Crippen LogP contribution in [0.15, 0.2) is 4.90 Å². The van der Waals surface area contributed by atoms with Gasteiger partial charge in [-0.2, -0.15) is 5.10 Å². The molecule has 1 rings (SSSR count). The number of H-pyrrole nitrogens is 1. The molecule has 0 saturated carbocycles. The van der Waals surface area contributed by atoms with Gasteiger partial charge in [-0.1, -0.05) is 13.3 Å². The molecule has 0 aliphatic rings. The molecule has 0 amide bonds. The summed E-state index contributed by atoms with van der Waals surface area (Å²) in [5, 5.41) is 6.50. The summed E-state index contributed by atoms with van der Waals surface area (Å²) in [7, 11) is -3.49. The zero-order valence-electron chi connectivity index (χ0n) is 9.58. The van der Waals surface area contributed by atoms with Crippen LogP contribution in [0.1, 0.15) is 31.2 Å². The molecule has 4 N–H and O–H groups in total. The molecule has 0 bridgehead atoms. The molecule has 1 aromatic heterocycles. The minimum Gasteiger partial charge on any atom is -0.325 e. The predicted octanol–water partition coefficient (Wildman–Crippen LogP) is 0.255. The highest BCUT2D eigenvalue weighted by Gasteiger charge is 2.22. The Morgan fingerprint density at radius 1 is 1.50 bits per heavy atom. The topological polar surface area (TPSA) is 101 Å². The van der Waals surface area contributed by atoms with Gasteiger partial charge in [0.1, 0.15) is 4.90 Å². The SMILES string of the molecule is CCCCNS(=O)(=O)c1c(CN)n[nH]c1C. The molecular formula is C9H18N4O2S. The summed E-state index contributed by atoms with van der Waals surface area (Å²) in [5.41, 5.74) is 6.34. The fourth-order valence-electron chi connectivity index (χ4n) is 1.42. The van der Waals surface area contributed by atoms with Crippen LogP contribution in [0.25, 0.3) is 0 Å². The van der Waals surface area contributed by atoms with Crippen LogP contribution in [-0.4, -0.2) is 25.2 Å². The lowest BCUT2D eigenvalue weighted by molar-refractivity contribution is 0.576. The Bertz CT molecular complexity index is 438.